The van der Waals surface area contributed by atoms with E-state index in [1.807, 2.05) is 29.2 Å². The molecule has 3 heterocycles. The monoisotopic (exact) mass is 346 g/mol. The average Bonchev–Trinajstić information content (AvgIpc) is 3.34. The molecule has 26 heavy (non-hydrogen) atoms. The molecule has 1 fully saturated rings. The summed E-state index contributed by atoms with van der Waals surface area (Å²) in [5.41, 5.74) is 5.37. The van der Waals surface area contributed by atoms with Crippen molar-refractivity contribution < 1.29 is 9.53 Å². The summed E-state index contributed by atoms with van der Waals surface area (Å²) in [4.78, 5) is 18.7. The third-order valence-electron chi connectivity index (χ3n) is 5.70. The zero-order valence-corrected chi connectivity index (χ0v) is 14.9. The topological polar surface area (TPSA) is 45.3 Å². The van der Waals surface area contributed by atoms with Crippen molar-refractivity contribution in [1.29, 1.82) is 0 Å². The molecule has 2 aromatic carbocycles. The SMILES string of the molecule is Cc1[nH]c2ccccc2c1[C@@H]1c2ccccc2C(=O)N1C[C@H]1CCCO1. The van der Waals surface area contributed by atoms with Gasteiger partial charge in [0, 0.05) is 40.9 Å². The fraction of sp³-hybridized carbons (Fsp3) is 0.318. The Bertz CT molecular complexity index is 985. The van der Waals surface area contributed by atoms with E-state index in [1.54, 1.807) is 0 Å². The van der Waals surface area contributed by atoms with E-state index in [9.17, 15) is 4.79 Å². The number of carbonyl (C=O) groups excluding carboxylic acids is 1. The first-order valence-corrected chi connectivity index (χ1v) is 9.33. The molecule has 3 aromatic rings. The van der Waals surface area contributed by atoms with Gasteiger partial charge in [0.2, 0.25) is 0 Å². The minimum absolute atomic E-state index is 0.0564. The Morgan fingerprint density at radius 3 is 2.81 bits per heavy atom. The Morgan fingerprint density at radius 2 is 1.96 bits per heavy atom. The van der Waals surface area contributed by atoms with Crippen LogP contribution in [0.1, 0.15) is 46.1 Å². The second-order valence-electron chi connectivity index (χ2n) is 7.29. The van der Waals surface area contributed by atoms with Crippen LogP contribution in [0.3, 0.4) is 0 Å². The Morgan fingerprint density at radius 1 is 1.15 bits per heavy atom. The molecule has 4 nitrogen and oxygen atoms in total. The number of aromatic amines is 1. The lowest BCUT2D eigenvalue weighted by Crippen LogP contribution is -2.35. The van der Waals surface area contributed by atoms with E-state index in [1.165, 1.54) is 10.9 Å². The van der Waals surface area contributed by atoms with Crippen LogP contribution >= 0.6 is 0 Å². The fourth-order valence-corrected chi connectivity index (χ4v) is 4.53. The Hall–Kier alpha value is -2.59. The van der Waals surface area contributed by atoms with Gasteiger partial charge in [-0.3, -0.25) is 4.79 Å². The van der Waals surface area contributed by atoms with Crippen LogP contribution in [-0.2, 0) is 4.74 Å². The van der Waals surface area contributed by atoms with Gasteiger partial charge in [0.1, 0.15) is 0 Å². The number of rotatable bonds is 3. The maximum atomic E-state index is 13.2. The number of nitrogens with one attached hydrogen (secondary N) is 1. The Labute approximate surface area is 152 Å². The van der Waals surface area contributed by atoms with Gasteiger partial charge in [0.15, 0.2) is 0 Å². The number of aromatic nitrogens is 1. The molecule has 0 bridgehead atoms. The summed E-state index contributed by atoms with van der Waals surface area (Å²) in [5, 5.41) is 1.19. The molecule has 0 unspecified atom stereocenters. The Kier molecular flexibility index (Phi) is 3.61. The van der Waals surface area contributed by atoms with Gasteiger partial charge in [-0.1, -0.05) is 36.4 Å². The van der Waals surface area contributed by atoms with Crippen molar-refractivity contribution in [1.82, 2.24) is 9.88 Å². The number of hydrogen-bond acceptors (Lipinski definition) is 2. The molecule has 1 amide bonds. The second kappa shape index (κ2) is 5.99. The molecule has 4 heteroatoms. The number of hydrogen-bond donors (Lipinski definition) is 1. The molecule has 0 saturated carbocycles. The van der Waals surface area contributed by atoms with Gasteiger partial charge in [0.05, 0.1) is 12.1 Å². The van der Waals surface area contributed by atoms with Crippen LogP contribution in [0, 0.1) is 6.92 Å². The quantitative estimate of drug-likeness (QED) is 0.772. The van der Waals surface area contributed by atoms with Gasteiger partial charge in [-0.2, -0.15) is 0 Å². The van der Waals surface area contributed by atoms with E-state index in [0.29, 0.717) is 6.54 Å². The van der Waals surface area contributed by atoms with Gasteiger partial charge >= 0.3 is 0 Å². The second-order valence-corrected chi connectivity index (χ2v) is 7.29. The van der Waals surface area contributed by atoms with Crippen molar-refractivity contribution in [3.8, 4) is 0 Å². The van der Waals surface area contributed by atoms with Crippen LogP contribution in [-0.4, -0.2) is 35.0 Å². The molecule has 1 saturated heterocycles. The number of amides is 1. The lowest BCUT2D eigenvalue weighted by atomic mass is 9.95. The predicted octanol–water partition coefficient (Wildman–Crippen LogP) is 4.20. The van der Waals surface area contributed by atoms with Crippen molar-refractivity contribution >= 4 is 16.8 Å². The van der Waals surface area contributed by atoms with Gasteiger partial charge in [-0.15, -0.1) is 0 Å². The first kappa shape index (κ1) is 15.6. The van der Waals surface area contributed by atoms with Crippen LogP contribution < -0.4 is 0 Å². The maximum Gasteiger partial charge on any atom is 0.255 e. The van der Waals surface area contributed by atoms with Gasteiger partial charge in [0.25, 0.3) is 5.91 Å². The maximum absolute atomic E-state index is 13.2. The average molecular weight is 346 g/mol. The summed E-state index contributed by atoms with van der Waals surface area (Å²) in [6, 6.07) is 16.3. The van der Waals surface area contributed by atoms with Crippen molar-refractivity contribution in [2.24, 2.45) is 0 Å². The van der Waals surface area contributed by atoms with Crippen LogP contribution in [0.25, 0.3) is 10.9 Å². The van der Waals surface area contributed by atoms with E-state index < -0.39 is 0 Å². The molecule has 132 valence electrons. The van der Waals surface area contributed by atoms with Crippen molar-refractivity contribution in [2.75, 3.05) is 13.2 Å². The highest BCUT2D eigenvalue weighted by Crippen LogP contribution is 2.43. The molecule has 1 aromatic heterocycles. The number of fused-ring (bicyclic) bond motifs is 2. The highest BCUT2D eigenvalue weighted by atomic mass is 16.5. The summed E-state index contributed by atoms with van der Waals surface area (Å²) >= 11 is 0. The molecule has 2 atom stereocenters. The standard InChI is InChI=1S/C22H22N2O2/c1-14-20(18-10-4-5-11-19(18)23-14)21-16-8-2-3-9-17(16)22(25)24(21)13-15-7-6-12-26-15/h2-5,8-11,15,21,23H,6-7,12-13H2,1H3/t15-,21+/m1/s1. The van der Waals surface area contributed by atoms with E-state index in [-0.39, 0.29) is 18.1 Å². The molecule has 0 radical (unpaired) electrons. The minimum Gasteiger partial charge on any atom is -0.376 e. The largest absolute Gasteiger partial charge is 0.376 e. The summed E-state index contributed by atoms with van der Waals surface area (Å²) in [6.07, 6.45) is 2.25. The number of H-pyrrole nitrogens is 1. The number of para-hydroxylation sites is 1. The first-order chi connectivity index (χ1) is 12.7. The molecule has 5 rings (SSSR count). The van der Waals surface area contributed by atoms with E-state index in [2.05, 4.69) is 36.2 Å². The van der Waals surface area contributed by atoms with Crippen LogP contribution in [0.15, 0.2) is 48.5 Å². The molecule has 0 aliphatic carbocycles. The van der Waals surface area contributed by atoms with E-state index in [0.717, 1.165) is 41.8 Å². The molecule has 2 aliphatic rings. The van der Waals surface area contributed by atoms with Gasteiger partial charge in [-0.25, -0.2) is 0 Å². The molecule has 2 aliphatic heterocycles. The minimum atomic E-state index is -0.0564. The highest BCUT2D eigenvalue weighted by Gasteiger charge is 2.40. The smallest absolute Gasteiger partial charge is 0.255 e. The molecule has 0 spiro atoms. The zero-order chi connectivity index (χ0) is 17.7. The summed E-state index contributed by atoms with van der Waals surface area (Å²) < 4.78 is 5.84. The summed E-state index contributed by atoms with van der Waals surface area (Å²) in [7, 11) is 0. The van der Waals surface area contributed by atoms with E-state index >= 15 is 0 Å². The normalized spacial score (nSPS) is 22.3. The lowest BCUT2D eigenvalue weighted by Gasteiger charge is -2.28. The highest BCUT2D eigenvalue weighted by molar-refractivity contribution is 6.01. The molecular formula is C22H22N2O2. The van der Waals surface area contributed by atoms with Crippen LogP contribution in [0.2, 0.25) is 0 Å². The third-order valence-corrected chi connectivity index (χ3v) is 5.70. The van der Waals surface area contributed by atoms with Crippen LogP contribution in [0.4, 0.5) is 0 Å². The number of aryl methyl sites for hydroxylation is 1. The van der Waals surface area contributed by atoms with Crippen molar-refractivity contribution in [2.45, 2.75) is 31.9 Å². The van der Waals surface area contributed by atoms with Gasteiger partial charge in [-0.05, 0) is 37.5 Å². The summed E-state index contributed by atoms with van der Waals surface area (Å²) in [5.74, 6) is 0.116. The molecule has 1 N–H and O–H groups in total. The lowest BCUT2D eigenvalue weighted by molar-refractivity contribution is 0.0500. The van der Waals surface area contributed by atoms with Crippen LogP contribution in [0.5, 0.6) is 0 Å². The van der Waals surface area contributed by atoms with Crippen molar-refractivity contribution in [3.05, 3.63) is 70.9 Å². The number of nitrogens with zero attached hydrogens (tertiary/aromatic N) is 1. The number of ether oxygens (including phenoxy) is 1. The number of benzene rings is 2. The first-order valence-electron chi connectivity index (χ1n) is 9.33. The third kappa shape index (κ3) is 2.29. The zero-order valence-electron chi connectivity index (χ0n) is 14.9. The summed E-state index contributed by atoms with van der Waals surface area (Å²) in [6.45, 7) is 3.55. The predicted molar refractivity (Wildman–Crippen MR) is 101 cm³/mol. The number of carbonyl (C=O) groups is 1. The molecular weight excluding hydrogens is 324 g/mol. The van der Waals surface area contributed by atoms with Crippen molar-refractivity contribution in [3.63, 3.8) is 0 Å². The Balaban J connectivity index is 1.67. The van der Waals surface area contributed by atoms with Gasteiger partial charge < -0.3 is 14.6 Å². The fourth-order valence-electron chi connectivity index (χ4n) is 4.53. The van der Waals surface area contributed by atoms with E-state index in [4.69, 9.17) is 4.74 Å².